The molecule has 0 bridgehead atoms. The lowest BCUT2D eigenvalue weighted by atomic mass is 10.1. The minimum Gasteiger partial charge on any atom is -0.301 e. The number of carbonyl (C=O) groups excluding carboxylic acids is 1. The van der Waals surface area contributed by atoms with Crippen LogP contribution in [0.1, 0.15) is 21.5 Å². The maximum atomic E-state index is 12.5. The number of nitrogens with one attached hydrogen (secondary N) is 1. The summed E-state index contributed by atoms with van der Waals surface area (Å²) in [5, 5.41) is 3.89. The quantitative estimate of drug-likeness (QED) is 0.636. The zero-order valence-corrected chi connectivity index (χ0v) is 15.7. The van der Waals surface area contributed by atoms with Crippen molar-refractivity contribution in [2.24, 2.45) is 4.99 Å². The average molecular weight is 392 g/mol. The van der Waals surface area contributed by atoms with Crippen molar-refractivity contribution >= 4 is 51.2 Å². The molecule has 0 fully saturated rings. The van der Waals surface area contributed by atoms with Crippen molar-refractivity contribution < 1.29 is 4.79 Å². The highest BCUT2D eigenvalue weighted by molar-refractivity contribution is 8.22. The number of hydrogen-bond donors (Lipinski definition) is 1. The molecular formula is C21H14ClN3OS. The molecule has 2 aromatic carbocycles. The Balaban J connectivity index is 1.69. The third kappa shape index (κ3) is 4.10. The molecule has 4 rings (SSSR count). The summed E-state index contributed by atoms with van der Waals surface area (Å²) in [4.78, 5) is 22.2. The molecule has 2 heterocycles. The first kappa shape index (κ1) is 17.5. The van der Waals surface area contributed by atoms with E-state index in [1.165, 1.54) is 11.8 Å². The molecule has 4 nitrogen and oxygen atoms in total. The average Bonchev–Trinajstić information content (AvgIpc) is 2.70. The molecule has 1 aliphatic heterocycles. The van der Waals surface area contributed by atoms with Gasteiger partial charge in [-0.15, -0.1) is 0 Å². The largest absolute Gasteiger partial charge is 0.301 e. The van der Waals surface area contributed by atoms with Gasteiger partial charge in [0.05, 0.1) is 5.02 Å². The van der Waals surface area contributed by atoms with Crippen LogP contribution in [0.25, 0.3) is 11.0 Å². The van der Waals surface area contributed by atoms with E-state index in [9.17, 15) is 4.79 Å². The third-order valence-corrected chi connectivity index (χ3v) is 5.02. The van der Waals surface area contributed by atoms with Gasteiger partial charge in [0.25, 0.3) is 5.91 Å². The van der Waals surface area contributed by atoms with E-state index >= 15 is 0 Å². The molecule has 6 heteroatoms. The molecule has 0 spiro atoms. The Labute approximate surface area is 166 Å². The normalized spacial score (nSPS) is 14.4. The van der Waals surface area contributed by atoms with Gasteiger partial charge >= 0.3 is 0 Å². The van der Waals surface area contributed by atoms with Crippen LogP contribution in [0.15, 0.2) is 77.9 Å². The van der Waals surface area contributed by atoms with Gasteiger partial charge in [-0.3, -0.25) is 4.79 Å². The van der Waals surface area contributed by atoms with Crippen molar-refractivity contribution in [3.8, 4) is 0 Å². The minimum atomic E-state index is -0.210. The number of amidine groups is 1. The standard InChI is InChI=1S/C21H14ClN3OS/c22-16-12-17-18(11-14-7-3-1-4-8-14)27-21(24-19(17)23-13-16)25-20(26)15-9-5-2-6-10-15/h1-13H,(H,23,24,25,26)/b18-11-. The highest BCUT2D eigenvalue weighted by Crippen LogP contribution is 2.40. The van der Waals surface area contributed by atoms with Crippen molar-refractivity contribution in [2.45, 2.75) is 0 Å². The maximum Gasteiger partial charge on any atom is 0.257 e. The first-order chi connectivity index (χ1) is 13.2. The van der Waals surface area contributed by atoms with E-state index in [4.69, 9.17) is 11.6 Å². The second-order valence-electron chi connectivity index (χ2n) is 5.78. The van der Waals surface area contributed by atoms with Crippen molar-refractivity contribution in [3.63, 3.8) is 0 Å². The minimum absolute atomic E-state index is 0.210. The Morgan fingerprint density at radius 2 is 1.74 bits per heavy atom. The lowest BCUT2D eigenvalue weighted by molar-refractivity contribution is 0.0978. The van der Waals surface area contributed by atoms with Crippen molar-refractivity contribution in [3.05, 3.63) is 94.6 Å². The van der Waals surface area contributed by atoms with Crippen LogP contribution in [0.3, 0.4) is 0 Å². The topological polar surface area (TPSA) is 54.4 Å². The van der Waals surface area contributed by atoms with Gasteiger partial charge in [-0.25, -0.2) is 9.98 Å². The fraction of sp³-hybridized carbons (Fsp3) is 0. The summed E-state index contributed by atoms with van der Waals surface area (Å²) in [5.41, 5.74) is 2.46. The number of aromatic nitrogens is 1. The molecule has 0 atom stereocenters. The van der Waals surface area contributed by atoms with E-state index in [1.807, 2.05) is 60.7 Å². The molecule has 1 N–H and O–H groups in total. The van der Waals surface area contributed by atoms with Crippen LogP contribution in [-0.2, 0) is 0 Å². The van der Waals surface area contributed by atoms with Gasteiger partial charge in [0.15, 0.2) is 11.0 Å². The van der Waals surface area contributed by atoms with Crippen LogP contribution in [-0.4, -0.2) is 16.1 Å². The molecular weight excluding hydrogens is 378 g/mol. The Morgan fingerprint density at radius 3 is 2.48 bits per heavy atom. The molecule has 0 unspecified atom stereocenters. The zero-order valence-electron chi connectivity index (χ0n) is 14.1. The van der Waals surface area contributed by atoms with E-state index < -0.39 is 0 Å². The first-order valence-electron chi connectivity index (χ1n) is 8.25. The smallest absolute Gasteiger partial charge is 0.257 e. The summed E-state index contributed by atoms with van der Waals surface area (Å²) in [6.45, 7) is 0. The summed E-state index contributed by atoms with van der Waals surface area (Å²) in [6, 6.07) is 20.8. The van der Waals surface area contributed by atoms with Gasteiger partial charge in [-0.05, 0) is 29.8 Å². The number of aliphatic imine (C=N–C) groups is 1. The second-order valence-corrected chi connectivity index (χ2v) is 7.25. The zero-order chi connectivity index (χ0) is 18.6. The molecule has 0 saturated heterocycles. The highest BCUT2D eigenvalue weighted by Gasteiger charge is 2.21. The summed E-state index contributed by atoms with van der Waals surface area (Å²) in [7, 11) is 0. The fourth-order valence-corrected chi connectivity index (χ4v) is 3.70. The van der Waals surface area contributed by atoms with Crippen molar-refractivity contribution in [1.29, 1.82) is 0 Å². The number of nitrogens with zero attached hydrogens (tertiary/aromatic N) is 2. The number of carbonyl (C=O) groups is 1. The number of amides is 1. The van der Waals surface area contributed by atoms with Crippen LogP contribution < -0.4 is 5.32 Å². The van der Waals surface area contributed by atoms with Crippen molar-refractivity contribution in [2.75, 3.05) is 0 Å². The lowest BCUT2D eigenvalue weighted by Crippen LogP contribution is -2.29. The van der Waals surface area contributed by atoms with E-state index in [-0.39, 0.29) is 5.91 Å². The number of fused-ring (bicyclic) bond motifs is 1. The summed E-state index contributed by atoms with van der Waals surface area (Å²) in [5.74, 6) is 0.321. The van der Waals surface area contributed by atoms with Crippen LogP contribution >= 0.6 is 23.4 Å². The van der Waals surface area contributed by atoms with Crippen LogP contribution in [0.4, 0.5) is 5.82 Å². The van der Waals surface area contributed by atoms with Gasteiger partial charge < -0.3 is 5.32 Å². The third-order valence-electron chi connectivity index (χ3n) is 3.87. The summed E-state index contributed by atoms with van der Waals surface area (Å²) < 4.78 is 0. The number of pyridine rings is 1. The predicted molar refractivity (Wildman–Crippen MR) is 112 cm³/mol. The highest BCUT2D eigenvalue weighted by atomic mass is 35.5. The molecule has 0 aliphatic carbocycles. The van der Waals surface area contributed by atoms with E-state index in [1.54, 1.807) is 18.3 Å². The second kappa shape index (κ2) is 7.78. The molecule has 1 aromatic heterocycles. The number of thioether (sulfide) groups is 1. The summed E-state index contributed by atoms with van der Waals surface area (Å²) in [6.07, 6.45) is 3.58. The monoisotopic (exact) mass is 391 g/mol. The maximum absolute atomic E-state index is 12.5. The lowest BCUT2D eigenvalue weighted by Gasteiger charge is -2.18. The number of halogens is 1. The SMILES string of the molecule is O=C(NC1=Nc2ncc(Cl)cc2/C(=C/c2ccccc2)S1)c1ccccc1. The Hall–Kier alpha value is -2.89. The van der Waals surface area contributed by atoms with Gasteiger partial charge in [-0.2, -0.15) is 0 Å². The first-order valence-corrected chi connectivity index (χ1v) is 9.44. The molecule has 0 radical (unpaired) electrons. The number of benzene rings is 2. The van der Waals surface area contributed by atoms with E-state index in [2.05, 4.69) is 15.3 Å². The Kier molecular flexibility index (Phi) is 5.05. The number of rotatable bonds is 2. The van der Waals surface area contributed by atoms with E-state index in [0.717, 1.165) is 16.0 Å². The molecule has 3 aromatic rings. The van der Waals surface area contributed by atoms with Gasteiger partial charge in [0.2, 0.25) is 0 Å². The molecule has 1 amide bonds. The Morgan fingerprint density at radius 1 is 1.04 bits per heavy atom. The van der Waals surface area contributed by atoms with Gasteiger partial charge in [0.1, 0.15) is 0 Å². The Bertz CT molecular complexity index is 1050. The van der Waals surface area contributed by atoms with Crippen molar-refractivity contribution in [1.82, 2.24) is 10.3 Å². The molecule has 132 valence electrons. The van der Waals surface area contributed by atoms with Gasteiger partial charge in [-0.1, -0.05) is 71.9 Å². The van der Waals surface area contributed by atoms with Crippen LogP contribution in [0.5, 0.6) is 0 Å². The molecule has 0 saturated carbocycles. The molecule has 27 heavy (non-hydrogen) atoms. The fourth-order valence-electron chi connectivity index (χ4n) is 2.60. The van der Waals surface area contributed by atoms with Gasteiger partial charge in [0, 0.05) is 22.2 Å². The number of hydrogen-bond acceptors (Lipinski definition) is 4. The van der Waals surface area contributed by atoms with Crippen LogP contribution in [0.2, 0.25) is 5.02 Å². The van der Waals surface area contributed by atoms with E-state index in [0.29, 0.717) is 21.6 Å². The predicted octanol–water partition coefficient (Wildman–Crippen LogP) is 5.40. The van der Waals surface area contributed by atoms with Crippen LogP contribution in [0, 0.1) is 0 Å². The summed E-state index contributed by atoms with van der Waals surface area (Å²) >= 11 is 7.51. The molecule has 1 aliphatic rings.